The Morgan fingerprint density at radius 3 is 2.11 bits per heavy atom. The van der Waals surface area contributed by atoms with Gasteiger partial charge in [-0.15, -0.1) is 0 Å². The van der Waals surface area contributed by atoms with Gasteiger partial charge in [0.2, 0.25) is 0 Å². The van der Waals surface area contributed by atoms with Crippen molar-refractivity contribution in [1.29, 1.82) is 0 Å². The lowest BCUT2D eigenvalue weighted by Crippen LogP contribution is -2.58. The highest BCUT2D eigenvalue weighted by Crippen LogP contribution is 2.40. The Morgan fingerprint density at radius 2 is 1.56 bits per heavy atom. The Hall–Kier alpha value is -1.75. The monoisotopic (exact) mass is 405 g/mol. The number of carbonyl (C=O) groups is 2. The number of pyridine rings is 1. The largest absolute Gasteiger partial charge is 0.354 e. The summed E-state index contributed by atoms with van der Waals surface area (Å²) in [6, 6.07) is 9.03. The lowest BCUT2D eigenvalue weighted by Gasteiger charge is -2.43. The second kappa shape index (κ2) is 6.69. The maximum Gasteiger partial charge on any atom is 0.179 e. The minimum atomic E-state index is -1.05. The van der Waals surface area contributed by atoms with Crippen LogP contribution >= 0.6 is 23.2 Å². The van der Waals surface area contributed by atoms with Crippen LogP contribution in [0.3, 0.4) is 0 Å². The van der Waals surface area contributed by atoms with E-state index in [-0.39, 0.29) is 16.7 Å². The lowest BCUT2D eigenvalue weighted by molar-refractivity contribution is -0.184. The van der Waals surface area contributed by atoms with E-state index in [1.807, 2.05) is 25.1 Å². The van der Waals surface area contributed by atoms with E-state index in [2.05, 4.69) is 4.98 Å². The van der Waals surface area contributed by atoms with Gasteiger partial charge in [-0.1, -0.05) is 35.3 Å². The molecule has 2 heterocycles. The Kier molecular flexibility index (Phi) is 4.96. The molecule has 0 N–H and O–H groups in total. The summed E-state index contributed by atoms with van der Waals surface area (Å²) in [5.41, 5.74) is 0.879. The van der Waals surface area contributed by atoms with Crippen LogP contribution < -0.4 is 0 Å². The highest BCUT2D eigenvalue weighted by atomic mass is 35.5. The quantitative estimate of drug-likeness (QED) is 0.510. The number of aryl methyl sites for hydroxylation is 1. The number of ether oxygens (including phenoxy) is 1. The molecule has 0 aliphatic carbocycles. The average Bonchev–Trinajstić information content (AvgIpc) is 2.55. The van der Waals surface area contributed by atoms with Crippen molar-refractivity contribution >= 4 is 34.8 Å². The summed E-state index contributed by atoms with van der Waals surface area (Å²) in [4.78, 5) is 30.2. The number of carbonyl (C=O) groups excluding carboxylic acids is 2. The fourth-order valence-corrected chi connectivity index (χ4v) is 4.04. The molecule has 1 fully saturated rings. The van der Waals surface area contributed by atoms with E-state index < -0.39 is 17.1 Å². The van der Waals surface area contributed by atoms with Crippen molar-refractivity contribution in [3.05, 3.63) is 51.8 Å². The van der Waals surface area contributed by atoms with Gasteiger partial charge in [-0.2, -0.15) is 0 Å². The first-order valence-corrected chi connectivity index (χ1v) is 9.41. The van der Waals surface area contributed by atoms with Crippen LogP contribution in [0.1, 0.15) is 44.7 Å². The number of Topliss-reactive ketones (excluding diaryl/α,β-unsaturated/α-hetero) is 2. The fraction of sp³-hybridized carbons (Fsp3) is 0.381. The summed E-state index contributed by atoms with van der Waals surface area (Å²) in [6.45, 7) is 8.70. The highest BCUT2D eigenvalue weighted by Gasteiger charge is 2.53. The van der Waals surface area contributed by atoms with Gasteiger partial charge in [-0.05, 0) is 69.5 Å². The zero-order valence-corrected chi connectivity index (χ0v) is 17.4. The summed E-state index contributed by atoms with van der Waals surface area (Å²) >= 11 is 12.1. The van der Waals surface area contributed by atoms with E-state index >= 15 is 0 Å². The van der Waals surface area contributed by atoms with E-state index in [1.165, 1.54) is 0 Å². The van der Waals surface area contributed by atoms with Gasteiger partial charge >= 0.3 is 0 Å². The molecule has 27 heavy (non-hydrogen) atoms. The Balaban J connectivity index is 2.16. The third-order valence-electron chi connectivity index (χ3n) is 4.94. The number of ketones is 2. The molecule has 0 atom stereocenters. The van der Waals surface area contributed by atoms with Gasteiger partial charge in [0.05, 0.1) is 0 Å². The SMILES string of the molecule is Cc1ccc(-c2ccc(Cl)nc2Cl)cc1C1C(=O)C(C)(C)OC(C)(C)C1=O. The van der Waals surface area contributed by atoms with Gasteiger partial charge in [0.1, 0.15) is 27.4 Å². The van der Waals surface area contributed by atoms with Crippen LogP contribution in [0.5, 0.6) is 0 Å². The summed E-state index contributed by atoms with van der Waals surface area (Å²) in [5, 5.41) is 0.567. The second-order valence-electron chi connectivity index (χ2n) is 7.83. The van der Waals surface area contributed by atoms with Crippen molar-refractivity contribution in [2.24, 2.45) is 0 Å². The average molecular weight is 406 g/mol. The van der Waals surface area contributed by atoms with Gasteiger partial charge in [0.15, 0.2) is 11.6 Å². The zero-order valence-electron chi connectivity index (χ0n) is 15.9. The van der Waals surface area contributed by atoms with Crippen LogP contribution in [0.25, 0.3) is 11.1 Å². The van der Waals surface area contributed by atoms with Crippen molar-refractivity contribution in [3.8, 4) is 11.1 Å². The number of hydrogen-bond donors (Lipinski definition) is 0. The van der Waals surface area contributed by atoms with Crippen molar-refractivity contribution in [3.63, 3.8) is 0 Å². The van der Waals surface area contributed by atoms with Crippen molar-refractivity contribution in [1.82, 2.24) is 4.98 Å². The standard InChI is InChI=1S/C21H21Cl2NO3/c1-11-6-7-12(13-8-9-15(22)24-19(13)23)10-14(11)16-17(25)20(2,3)27-21(4,5)18(16)26/h6-10,16H,1-5H3. The molecule has 0 bridgehead atoms. The molecule has 6 heteroatoms. The molecule has 1 aromatic heterocycles. The number of hydrogen-bond acceptors (Lipinski definition) is 4. The van der Waals surface area contributed by atoms with Crippen molar-refractivity contribution in [2.75, 3.05) is 0 Å². The minimum Gasteiger partial charge on any atom is -0.354 e. The van der Waals surface area contributed by atoms with Crippen LogP contribution in [0.2, 0.25) is 10.3 Å². The maximum absolute atomic E-state index is 13.1. The van der Waals surface area contributed by atoms with Crippen molar-refractivity contribution < 1.29 is 14.3 Å². The molecule has 1 aliphatic rings. The molecule has 4 nitrogen and oxygen atoms in total. The predicted octanol–water partition coefficient (Wildman–Crippen LogP) is 5.17. The minimum absolute atomic E-state index is 0.243. The van der Waals surface area contributed by atoms with E-state index in [0.29, 0.717) is 16.3 Å². The number of aromatic nitrogens is 1. The normalized spacial score (nSPS) is 19.4. The summed E-state index contributed by atoms with van der Waals surface area (Å²) in [7, 11) is 0. The third kappa shape index (κ3) is 3.54. The second-order valence-corrected chi connectivity index (χ2v) is 8.57. The highest BCUT2D eigenvalue weighted by molar-refractivity contribution is 6.34. The molecule has 0 amide bonds. The van der Waals surface area contributed by atoms with Gasteiger partial charge < -0.3 is 4.74 Å². The van der Waals surface area contributed by atoms with Gasteiger partial charge in [-0.3, -0.25) is 9.59 Å². The summed E-state index contributed by atoms with van der Waals surface area (Å²) < 4.78 is 5.78. The van der Waals surface area contributed by atoms with Crippen molar-refractivity contribution in [2.45, 2.75) is 51.7 Å². The van der Waals surface area contributed by atoms with E-state index in [4.69, 9.17) is 27.9 Å². The molecule has 2 aromatic rings. The fourth-order valence-electron chi connectivity index (χ4n) is 3.58. The third-order valence-corrected chi connectivity index (χ3v) is 5.44. The number of benzene rings is 1. The van der Waals surface area contributed by atoms with Crippen LogP contribution in [0.4, 0.5) is 0 Å². The van der Waals surface area contributed by atoms with E-state index in [1.54, 1.807) is 39.8 Å². The Bertz CT molecular complexity index is 924. The number of rotatable bonds is 2. The molecular formula is C21H21Cl2NO3. The van der Waals surface area contributed by atoms with Crippen LogP contribution in [0, 0.1) is 6.92 Å². The Labute approximate surface area is 168 Å². The molecule has 0 radical (unpaired) electrons. The summed E-state index contributed by atoms with van der Waals surface area (Å²) in [5.74, 6) is -1.37. The van der Waals surface area contributed by atoms with Gasteiger partial charge in [0, 0.05) is 5.56 Å². The molecule has 0 unspecified atom stereocenters. The topological polar surface area (TPSA) is 56.3 Å². The summed E-state index contributed by atoms with van der Waals surface area (Å²) in [6.07, 6.45) is 0. The number of halogens is 2. The lowest BCUT2D eigenvalue weighted by atomic mass is 9.73. The van der Waals surface area contributed by atoms with E-state index in [9.17, 15) is 9.59 Å². The molecule has 1 aromatic carbocycles. The zero-order chi connectivity index (χ0) is 20.1. The van der Waals surface area contributed by atoms with Crippen LogP contribution in [-0.4, -0.2) is 27.8 Å². The van der Waals surface area contributed by atoms with Crippen LogP contribution in [0.15, 0.2) is 30.3 Å². The molecule has 1 aliphatic heterocycles. The van der Waals surface area contributed by atoms with Gasteiger partial charge in [0.25, 0.3) is 0 Å². The van der Waals surface area contributed by atoms with Gasteiger partial charge in [-0.25, -0.2) is 4.98 Å². The molecule has 142 valence electrons. The maximum atomic E-state index is 13.1. The van der Waals surface area contributed by atoms with E-state index in [0.717, 1.165) is 11.1 Å². The molecule has 0 saturated carbocycles. The predicted molar refractivity (Wildman–Crippen MR) is 106 cm³/mol. The first-order valence-electron chi connectivity index (χ1n) is 8.66. The molecule has 1 saturated heterocycles. The Morgan fingerprint density at radius 1 is 0.963 bits per heavy atom. The first kappa shape index (κ1) is 20.0. The molecular weight excluding hydrogens is 385 g/mol. The smallest absolute Gasteiger partial charge is 0.179 e. The van der Waals surface area contributed by atoms with Crippen LogP contribution in [-0.2, 0) is 14.3 Å². The first-order chi connectivity index (χ1) is 12.4. The molecule has 3 rings (SSSR count). The molecule has 0 spiro atoms. The number of nitrogens with zero attached hydrogens (tertiary/aromatic N) is 1.